The van der Waals surface area contributed by atoms with E-state index in [1.807, 2.05) is 24.3 Å². The normalized spacial score (nSPS) is 11.0. The number of carbonyl (C=O) groups is 1. The third-order valence-corrected chi connectivity index (χ3v) is 4.72. The molecule has 0 fully saturated rings. The van der Waals surface area contributed by atoms with Gasteiger partial charge in [0.15, 0.2) is 0 Å². The summed E-state index contributed by atoms with van der Waals surface area (Å²) in [5.41, 5.74) is 1.26. The van der Waals surface area contributed by atoms with Crippen LogP contribution in [0, 0.1) is 5.41 Å². The largest absolute Gasteiger partial charge is 0.497 e. The average molecular weight is 390 g/mol. The van der Waals surface area contributed by atoms with Crippen molar-refractivity contribution in [2.75, 3.05) is 14.2 Å². The number of aromatic nitrogens is 3. The Labute approximate surface area is 165 Å². The predicted octanol–water partition coefficient (Wildman–Crippen LogP) is 1.97. The van der Waals surface area contributed by atoms with Crippen molar-refractivity contribution in [1.29, 1.82) is 5.41 Å². The molecule has 146 valence electrons. The quantitative estimate of drug-likeness (QED) is 0.424. The van der Waals surface area contributed by atoms with Gasteiger partial charge >= 0.3 is 5.97 Å². The van der Waals surface area contributed by atoms with Crippen molar-refractivity contribution in [3.63, 3.8) is 0 Å². The van der Waals surface area contributed by atoms with Gasteiger partial charge in [-0.15, -0.1) is 0 Å². The smallest absolute Gasteiger partial charge is 0.341 e. The van der Waals surface area contributed by atoms with E-state index in [1.54, 1.807) is 31.5 Å². The first-order valence-electron chi connectivity index (χ1n) is 8.84. The van der Waals surface area contributed by atoms with Crippen molar-refractivity contribution < 1.29 is 14.3 Å². The highest BCUT2D eigenvalue weighted by Gasteiger charge is 2.18. The van der Waals surface area contributed by atoms with Crippen molar-refractivity contribution in [1.82, 2.24) is 14.0 Å². The highest BCUT2D eigenvalue weighted by atomic mass is 16.5. The molecule has 0 saturated carbocycles. The third-order valence-electron chi connectivity index (χ3n) is 4.72. The summed E-state index contributed by atoms with van der Waals surface area (Å²) in [6.07, 6.45) is 1.62. The fourth-order valence-corrected chi connectivity index (χ4v) is 3.22. The first kappa shape index (κ1) is 18.4. The molecule has 3 heterocycles. The number of fused-ring (bicyclic) bond motifs is 2. The summed E-state index contributed by atoms with van der Waals surface area (Å²) in [6, 6.07) is 13.9. The zero-order valence-electron chi connectivity index (χ0n) is 15.9. The number of nitrogens with zero attached hydrogens (tertiary/aromatic N) is 3. The van der Waals surface area contributed by atoms with E-state index in [1.165, 1.54) is 22.1 Å². The minimum absolute atomic E-state index is 0.00305. The molecule has 0 bridgehead atoms. The van der Waals surface area contributed by atoms with Crippen molar-refractivity contribution in [2.24, 2.45) is 0 Å². The van der Waals surface area contributed by atoms with Gasteiger partial charge in [-0.25, -0.2) is 9.78 Å². The van der Waals surface area contributed by atoms with Crippen LogP contribution in [0.4, 0.5) is 0 Å². The third kappa shape index (κ3) is 3.14. The minimum Gasteiger partial charge on any atom is -0.497 e. The van der Waals surface area contributed by atoms with Gasteiger partial charge < -0.3 is 14.0 Å². The molecule has 8 nitrogen and oxygen atoms in total. The van der Waals surface area contributed by atoms with Crippen molar-refractivity contribution in [3.05, 3.63) is 81.7 Å². The van der Waals surface area contributed by atoms with Crippen LogP contribution < -0.4 is 15.8 Å². The number of hydrogen-bond donors (Lipinski definition) is 1. The molecular weight excluding hydrogens is 372 g/mol. The monoisotopic (exact) mass is 390 g/mol. The lowest BCUT2D eigenvalue weighted by Gasteiger charge is -2.14. The fourth-order valence-electron chi connectivity index (χ4n) is 3.22. The van der Waals surface area contributed by atoms with Gasteiger partial charge in [-0.2, -0.15) is 0 Å². The van der Waals surface area contributed by atoms with Gasteiger partial charge in [-0.3, -0.25) is 14.6 Å². The molecule has 0 unspecified atom stereocenters. The Morgan fingerprint density at radius 3 is 2.59 bits per heavy atom. The first-order chi connectivity index (χ1) is 14.0. The zero-order valence-corrected chi connectivity index (χ0v) is 15.9. The maximum atomic E-state index is 13.0. The van der Waals surface area contributed by atoms with Crippen LogP contribution in [0.25, 0.3) is 16.7 Å². The van der Waals surface area contributed by atoms with Crippen LogP contribution in [0.3, 0.4) is 0 Å². The lowest BCUT2D eigenvalue weighted by Crippen LogP contribution is -2.31. The molecular formula is C21H18N4O4. The van der Waals surface area contributed by atoms with Crippen LogP contribution in [-0.2, 0) is 11.3 Å². The molecule has 29 heavy (non-hydrogen) atoms. The van der Waals surface area contributed by atoms with Crippen molar-refractivity contribution in [3.8, 4) is 5.75 Å². The van der Waals surface area contributed by atoms with Crippen LogP contribution >= 0.6 is 0 Å². The molecule has 3 aromatic heterocycles. The number of hydrogen-bond acceptors (Lipinski definition) is 6. The Morgan fingerprint density at radius 1 is 1.14 bits per heavy atom. The molecule has 4 aromatic rings. The van der Waals surface area contributed by atoms with E-state index in [0.717, 1.165) is 5.56 Å². The second-order valence-electron chi connectivity index (χ2n) is 6.42. The number of benzene rings is 1. The number of methoxy groups -OCH3 is 2. The van der Waals surface area contributed by atoms with Gasteiger partial charge in [0.1, 0.15) is 28.1 Å². The van der Waals surface area contributed by atoms with Crippen molar-refractivity contribution >= 4 is 22.6 Å². The Hall–Kier alpha value is -3.94. The van der Waals surface area contributed by atoms with Gasteiger partial charge in [0.2, 0.25) is 0 Å². The number of esters is 1. The number of pyridine rings is 2. The standard InChI is InChI=1S/C21H18N4O4/c1-28-14-8-6-13(7-9-14)12-25-18(22)15(21(27)29-2)11-16-19(25)23-17-5-3-4-10-24(17)20(16)26/h3-11,22H,12H2,1-2H3. The molecule has 0 aliphatic carbocycles. The van der Waals surface area contributed by atoms with Gasteiger partial charge in [-0.05, 0) is 35.9 Å². The highest BCUT2D eigenvalue weighted by molar-refractivity contribution is 5.93. The minimum atomic E-state index is -0.682. The molecule has 0 aliphatic rings. The van der Waals surface area contributed by atoms with Gasteiger partial charge in [-0.1, -0.05) is 18.2 Å². The average Bonchev–Trinajstić information content (AvgIpc) is 2.76. The maximum Gasteiger partial charge on any atom is 0.341 e. The van der Waals surface area contributed by atoms with E-state index >= 15 is 0 Å². The van der Waals surface area contributed by atoms with Crippen LogP contribution in [-0.4, -0.2) is 34.1 Å². The zero-order chi connectivity index (χ0) is 20.5. The molecule has 4 rings (SSSR count). The van der Waals surface area contributed by atoms with Crippen molar-refractivity contribution in [2.45, 2.75) is 6.54 Å². The predicted molar refractivity (Wildman–Crippen MR) is 106 cm³/mol. The Bertz CT molecular complexity index is 1350. The Morgan fingerprint density at radius 2 is 1.90 bits per heavy atom. The van der Waals surface area contributed by atoms with E-state index in [-0.39, 0.29) is 28.5 Å². The van der Waals surface area contributed by atoms with E-state index in [4.69, 9.17) is 14.9 Å². The second-order valence-corrected chi connectivity index (χ2v) is 6.42. The summed E-state index contributed by atoms with van der Waals surface area (Å²) < 4.78 is 12.9. The van der Waals surface area contributed by atoms with E-state index in [2.05, 4.69) is 4.98 Å². The molecule has 0 amide bonds. The van der Waals surface area contributed by atoms with Gasteiger partial charge in [0, 0.05) is 6.20 Å². The Balaban J connectivity index is 2.03. The molecule has 0 spiro atoms. The summed E-state index contributed by atoms with van der Waals surface area (Å²) >= 11 is 0. The summed E-state index contributed by atoms with van der Waals surface area (Å²) in [5.74, 6) is 0.0262. The Kier molecular flexibility index (Phi) is 4.59. The topological polar surface area (TPSA) is 98.7 Å². The van der Waals surface area contributed by atoms with Crippen LogP contribution in [0.5, 0.6) is 5.75 Å². The molecule has 0 radical (unpaired) electrons. The first-order valence-corrected chi connectivity index (χ1v) is 8.84. The van der Waals surface area contributed by atoms with Gasteiger partial charge in [0.25, 0.3) is 5.56 Å². The number of rotatable bonds is 4. The molecule has 8 heteroatoms. The van der Waals surface area contributed by atoms with E-state index < -0.39 is 5.97 Å². The van der Waals surface area contributed by atoms with E-state index in [0.29, 0.717) is 17.0 Å². The van der Waals surface area contributed by atoms with E-state index in [9.17, 15) is 9.59 Å². The summed E-state index contributed by atoms with van der Waals surface area (Å²) in [7, 11) is 2.83. The number of carbonyl (C=O) groups excluding carboxylic acids is 1. The summed E-state index contributed by atoms with van der Waals surface area (Å²) in [4.78, 5) is 29.9. The van der Waals surface area contributed by atoms with Crippen LogP contribution in [0.1, 0.15) is 15.9 Å². The lowest BCUT2D eigenvalue weighted by molar-refractivity contribution is 0.0597. The molecule has 0 aliphatic heterocycles. The van der Waals surface area contributed by atoms with Gasteiger partial charge in [0.05, 0.1) is 26.2 Å². The summed E-state index contributed by atoms with van der Waals surface area (Å²) in [6.45, 7) is 0.250. The number of nitrogens with one attached hydrogen (secondary N) is 1. The van der Waals surface area contributed by atoms with Crippen LogP contribution in [0.15, 0.2) is 59.5 Å². The fraction of sp³-hybridized carbons (Fsp3) is 0.143. The summed E-state index contributed by atoms with van der Waals surface area (Å²) in [5, 5.41) is 8.79. The highest BCUT2D eigenvalue weighted by Crippen LogP contribution is 2.15. The molecule has 1 N–H and O–H groups in total. The maximum absolute atomic E-state index is 13.0. The molecule has 1 aromatic carbocycles. The lowest BCUT2D eigenvalue weighted by atomic mass is 10.1. The second kappa shape index (κ2) is 7.23. The van der Waals surface area contributed by atoms with Crippen LogP contribution in [0.2, 0.25) is 0 Å². The molecule has 0 saturated heterocycles. The SMILES string of the molecule is COC(=O)c1cc2c(=O)n3ccccc3nc2n(Cc2ccc(OC)cc2)c1=N. The molecule has 0 atom stereocenters. The number of ether oxygens (including phenoxy) is 2.